The maximum absolute atomic E-state index is 12.1. The van der Waals surface area contributed by atoms with E-state index in [1.165, 1.54) is 0 Å². The Bertz CT molecular complexity index is 410. The third kappa shape index (κ3) is 3.80. The van der Waals surface area contributed by atoms with Gasteiger partial charge in [-0.3, -0.25) is 4.79 Å². The highest BCUT2D eigenvalue weighted by Crippen LogP contribution is 2.30. The van der Waals surface area contributed by atoms with Gasteiger partial charge >= 0.3 is 0 Å². The molecule has 19 heavy (non-hydrogen) atoms. The molecule has 0 spiro atoms. The molecule has 104 valence electrons. The van der Waals surface area contributed by atoms with Gasteiger partial charge in [-0.1, -0.05) is 50.1 Å². The Morgan fingerprint density at radius 2 is 1.89 bits per heavy atom. The number of hydrogen-bond acceptors (Lipinski definition) is 2. The third-order valence-electron chi connectivity index (χ3n) is 3.89. The van der Waals surface area contributed by atoms with Crippen molar-refractivity contribution < 1.29 is 9.90 Å². The van der Waals surface area contributed by atoms with E-state index >= 15 is 0 Å². The lowest BCUT2D eigenvalue weighted by atomic mass is 10.0. The first-order valence-corrected chi connectivity index (χ1v) is 7.17. The van der Waals surface area contributed by atoms with Crippen molar-refractivity contribution in [1.82, 2.24) is 4.90 Å². The molecule has 1 aliphatic rings. The molecule has 2 rings (SSSR count). The number of hydrogen-bond donors (Lipinski definition) is 1. The summed E-state index contributed by atoms with van der Waals surface area (Å²) in [5.41, 5.74) is 0.450. The third-order valence-corrected chi connectivity index (χ3v) is 3.89. The van der Waals surface area contributed by atoms with Crippen LogP contribution in [0.1, 0.15) is 44.6 Å². The molecule has 1 aromatic carbocycles. The molecule has 1 aliphatic carbocycles. The van der Waals surface area contributed by atoms with E-state index in [1.54, 1.807) is 4.90 Å². The predicted molar refractivity (Wildman–Crippen MR) is 75.6 cm³/mol. The van der Waals surface area contributed by atoms with Gasteiger partial charge in [0.05, 0.1) is 5.60 Å². The quantitative estimate of drug-likeness (QED) is 0.885. The summed E-state index contributed by atoms with van der Waals surface area (Å²) in [5.74, 6) is 0.115. The van der Waals surface area contributed by atoms with Crippen LogP contribution in [0.5, 0.6) is 0 Å². The lowest BCUT2D eigenvalue weighted by Crippen LogP contribution is -2.43. The second-order valence-corrected chi connectivity index (χ2v) is 5.52. The molecule has 3 heteroatoms. The van der Waals surface area contributed by atoms with Gasteiger partial charge in [0.2, 0.25) is 5.91 Å². The van der Waals surface area contributed by atoms with Crippen LogP contribution in [0.2, 0.25) is 0 Å². The Labute approximate surface area is 115 Å². The second kappa shape index (κ2) is 6.20. The minimum Gasteiger partial charge on any atom is -0.388 e. The van der Waals surface area contributed by atoms with Crippen molar-refractivity contribution >= 4 is 5.91 Å². The number of aliphatic hydroxyl groups is 1. The fourth-order valence-electron chi connectivity index (χ4n) is 2.81. The van der Waals surface area contributed by atoms with E-state index in [4.69, 9.17) is 0 Å². The van der Waals surface area contributed by atoms with Gasteiger partial charge in [0.15, 0.2) is 0 Å². The minimum atomic E-state index is -0.667. The van der Waals surface area contributed by atoms with Crippen LogP contribution in [0.4, 0.5) is 0 Å². The summed E-state index contributed by atoms with van der Waals surface area (Å²) in [6.07, 6.45) is 4.25. The fourth-order valence-corrected chi connectivity index (χ4v) is 2.81. The van der Waals surface area contributed by atoms with E-state index < -0.39 is 5.60 Å². The molecule has 0 atom stereocenters. The molecule has 0 radical (unpaired) electrons. The Hall–Kier alpha value is -1.35. The SMILES string of the molecule is CCC(=O)N(Cc1ccccc1)CC1(O)CCCC1. The topological polar surface area (TPSA) is 40.5 Å². The van der Waals surface area contributed by atoms with Gasteiger partial charge in [-0.2, -0.15) is 0 Å². The van der Waals surface area contributed by atoms with Crippen molar-refractivity contribution in [3.05, 3.63) is 35.9 Å². The number of carbonyl (C=O) groups excluding carboxylic acids is 1. The zero-order chi connectivity index (χ0) is 13.7. The Morgan fingerprint density at radius 3 is 2.47 bits per heavy atom. The van der Waals surface area contributed by atoms with Crippen LogP contribution in [0.3, 0.4) is 0 Å². The first-order chi connectivity index (χ1) is 9.13. The Balaban J connectivity index is 2.06. The van der Waals surface area contributed by atoms with Crippen molar-refractivity contribution in [2.24, 2.45) is 0 Å². The van der Waals surface area contributed by atoms with Crippen LogP contribution in [0.15, 0.2) is 30.3 Å². The number of carbonyl (C=O) groups is 1. The second-order valence-electron chi connectivity index (χ2n) is 5.52. The zero-order valence-electron chi connectivity index (χ0n) is 11.6. The van der Waals surface area contributed by atoms with Crippen LogP contribution in [-0.4, -0.2) is 28.1 Å². The summed E-state index contributed by atoms with van der Waals surface area (Å²) in [7, 11) is 0. The summed E-state index contributed by atoms with van der Waals surface area (Å²) < 4.78 is 0. The highest BCUT2D eigenvalue weighted by molar-refractivity contribution is 5.75. The van der Waals surface area contributed by atoms with Crippen LogP contribution >= 0.6 is 0 Å². The monoisotopic (exact) mass is 261 g/mol. The van der Waals surface area contributed by atoms with E-state index in [2.05, 4.69) is 0 Å². The van der Waals surface area contributed by atoms with Gasteiger partial charge in [-0.15, -0.1) is 0 Å². The van der Waals surface area contributed by atoms with E-state index in [9.17, 15) is 9.90 Å². The lowest BCUT2D eigenvalue weighted by molar-refractivity contribution is -0.135. The van der Waals surface area contributed by atoms with Crippen molar-refractivity contribution in [2.45, 2.75) is 51.2 Å². The van der Waals surface area contributed by atoms with Gasteiger partial charge in [0.25, 0.3) is 0 Å². The minimum absolute atomic E-state index is 0.115. The molecule has 0 unspecified atom stereocenters. The molecular formula is C16H23NO2. The summed E-state index contributed by atoms with van der Waals surface area (Å²) in [4.78, 5) is 13.9. The molecule has 1 amide bonds. The van der Waals surface area contributed by atoms with Gasteiger partial charge in [-0.25, -0.2) is 0 Å². The average molecular weight is 261 g/mol. The normalized spacial score (nSPS) is 17.4. The fraction of sp³-hybridized carbons (Fsp3) is 0.562. The van der Waals surface area contributed by atoms with Crippen LogP contribution < -0.4 is 0 Å². The maximum Gasteiger partial charge on any atom is 0.222 e. The predicted octanol–water partition coefficient (Wildman–Crippen LogP) is 2.73. The standard InChI is InChI=1S/C16H23NO2/c1-2-15(18)17(12-14-8-4-3-5-9-14)13-16(19)10-6-7-11-16/h3-5,8-9,19H,2,6-7,10-13H2,1H3. The van der Waals surface area contributed by atoms with Gasteiger partial charge in [0.1, 0.15) is 0 Å². The zero-order valence-corrected chi connectivity index (χ0v) is 11.6. The smallest absolute Gasteiger partial charge is 0.222 e. The number of amides is 1. The number of rotatable bonds is 5. The Morgan fingerprint density at radius 1 is 1.26 bits per heavy atom. The van der Waals surface area contributed by atoms with Crippen LogP contribution in [0.25, 0.3) is 0 Å². The lowest BCUT2D eigenvalue weighted by Gasteiger charge is -2.31. The first-order valence-electron chi connectivity index (χ1n) is 7.17. The molecule has 0 heterocycles. The Kier molecular flexibility index (Phi) is 4.59. The molecule has 1 N–H and O–H groups in total. The molecule has 0 aromatic heterocycles. The molecule has 0 bridgehead atoms. The first kappa shape index (κ1) is 14.1. The average Bonchev–Trinajstić information content (AvgIpc) is 2.85. The summed E-state index contributed by atoms with van der Waals surface area (Å²) in [5, 5.41) is 10.5. The molecule has 1 saturated carbocycles. The van der Waals surface area contributed by atoms with Crippen molar-refractivity contribution in [3.63, 3.8) is 0 Å². The number of benzene rings is 1. The van der Waals surface area contributed by atoms with E-state index in [0.29, 0.717) is 19.5 Å². The van der Waals surface area contributed by atoms with Crippen LogP contribution in [0, 0.1) is 0 Å². The molecule has 1 fully saturated rings. The maximum atomic E-state index is 12.1. The summed E-state index contributed by atoms with van der Waals surface area (Å²) in [6, 6.07) is 9.98. The highest BCUT2D eigenvalue weighted by atomic mass is 16.3. The van der Waals surface area contributed by atoms with E-state index in [1.807, 2.05) is 37.3 Å². The van der Waals surface area contributed by atoms with Crippen molar-refractivity contribution in [2.75, 3.05) is 6.54 Å². The van der Waals surface area contributed by atoms with Gasteiger partial charge < -0.3 is 10.0 Å². The number of nitrogens with zero attached hydrogens (tertiary/aromatic N) is 1. The molecule has 0 aliphatic heterocycles. The molecule has 0 saturated heterocycles. The highest BCUT2D eigenvalue weighted by Gasteiger charge is 2.34. The van der Waals surface area contributed by atoms with Crippen molar-refractivity contribution in [3.8, 4) is 0 Å². The van der Waals surface area contributed by atoms with E-state index in [0.717, 1.165) is 31.2 Å². The summed E-state index contributed by atoms with van der Waals surface area (Å²) >= 11 is 0. The van der Waals surface area contributed by atoms with Gasteiger partial charge in [-0.05, 0) is 18.4 Å². The summed E-state index contributed by atoms with van der Waals surface area (Å²) in [6.45, 7) is 2.93. The molecular weight excluding hydrogens is 238 g/mol. The largest absolute Gasteiger partial charge is 0.388 e. The van der Waals surface area contributed by atoms with E-state index in [-0.39, 0.29) is 5.91 Å². The van der Waals surface area contributed by atoms with Crippen LogP contribution in [-0.2, 0) is 11.3 Å². The molecule has 3 nitrogen and oxygen atoms in total. The van der Waals surface area contributed by atoms with Crippen molar-refractivity contribution in [1.29, 1.82) is 0 Å². The van der Waals surface area contributed by atoms with Gasteiger partial charge in [0, 0.05) is 19.5 Å². The molecule has 1 aromatic rings.